The summed E-state index contributed by atoms with van der Waals surface area (Å²) in [6, 6.07) is 16.5. The zero-order valence-corrected chi connectivity index (χ0v) is 14.6. The van der Waals surface area contributed by atoms with E-state index < -0.39 is 0 Å². The molecule has 24 heavy (non-hydrogen) atoms. The van der Waals surface area contributed by atoms with Gasteiger partial charge >= 0.3 is 0 Å². The van der Waals surface area contributed by atoms with Crippen LogP contribution in [-0.4, -0.2) is 14.9 Å². The molecule has 1 heterocycles. The summed E-state index contributed by atoms with van der Waals surface area (Å²) in [5.41, 5.74) is 5.65. The topological polar surface area (TPSA) is 41.9 Å². The maximum absolute atomic E-state index is 5.38. The van der Waals surface area contributed by atoms with Crippen LogP contribution in [0.2, 0.25) is 0 Å². The molecular weight excluding hydrogens is 316 g/mol. The van der Waals surface area contributed by atoms with Gasteiger partial charge in [-0.15, -0.1) is 0 Å². The first-order chi connectivity index (χ1) is 11.6. The predicted molar refractivity (Wildman–Crippen MR) is 103 cm³/mol. The molecule has 5 heteroatoms. The normalized spacial score (nSPS) is 10.4. The zero-order chi connectivity index (χ0) is 16.9. The van der Waals surface area contributed by atoms with Crippen molar-refractivity contribution >= 4 is 23.0 Å². The van der Waals surface area contributed by atoms with Crippen LogP contribution in [0.25, 0.3) is 5.69 Å². The molecule has 0 fully saturated rings. The maximum Gasteiger partial charge on any atom is 0.171 e. The molecule has 2 aromatic carbocycles. The molecule has 2 N–H and O–H groups in total. The summed E-state index contributed by atoms with van der Waals surface area (Å²) in [7, 11) is 0. The average Bonchev–Trinajstić information content (AvgIpc) is 3.07. The van der Waals surface area contributed by atoms with Gasteiger partial charge in [0, 0.05) is 24.6 Å². The van der Waals surface area contributed by atoms with Crippen LogP contribution in [0.15, 0.2) is 60.9 Å². The van der Waals surface area contributed by atoms with Gasteiger partial charge in [0.15, 0.2) is 5.11 Å². The first kappa shape index (κ1) is 16.2. The minimum absolute atomic E-state index is 0.621. The number of anilines is 1. The van der Waals surface area contributed by atoms with Crippen molar-refractivity contribution in [3.05, 3.63) is 77.6 Å². The fraction of sp³-hybridized carbons (Fsp3) is 0.158. The van der Waals surface area contributed by atoms with Crippen LogP contribution >= 0.6 is 12.2 Å². The molecule has 0 spiro atoms. The van der Waals surface area contributed by atoms with Gasteiger partial charge in [-0.2, -0.15) is 5.10 Å². The summed E-state index contributed by atoms with van der Waals surface area (Å²) < 4.78 is 1.84. The van der Waals surface area contributed by atoms with Crippen LogP contribution in [0.4, 0.5) is 5.69 Å². The van der Waals surface area contributed by atoms with E-state index >= 15 is 0 Å². The number of nitrogens with one attached hydrogen (secondary N) is 2. The fourth-order valence-corrected chi connectivity index (χ4v) is 2.78. The Balaban J connectivity index is 1.56. The van der Waals surface area contributed by atoms with Gasteiger partial charge in [0.1, 0.15) is 0 Å². The largest absolute Gasteiger partial charge is 0.358 e. The summed E-state index contributed by atoms with van der Waals surface area (Å²) in [6.07, 6.45) is 3.70. The summed E-state index contributed by atoms with van der Waals surface area (Å²) in [6.45, 7) is 4.83. The Morgan fingerprint density at radius 2 is 1.79 bits per heavy atom. The van der Waals surface area contributed by atoms with E-state index in [1.165, 1.54) is 11.1 Å². The highest BCUT2D eigenvalue weighted by atomic mass is 32.1. The molecule has 0 aliphatic carbocycles. The second kappa shape index (κ2) is 7.27. The molecular formula is C19H20N4S. The van der Waals surface area contributed by atoms with Crippen molar-refractivity contribution in [3.63, 3.8) is 0 Å². The van der Waals surface area contributed by atoms with E-state index in [1.807, 2.05) is 29.1 Å². The van der Waals surface area contributed by atoms with E-state index in [9.17, 15) is 0 Å². The number of benzene rings is 2. The van der Waals surface area contributed by atoms with Gasteiger partial charge in [0.2, 0.25) is 0 Å². The lowest BCUT2D eigenvalue weighted by atomic mass is 10.1. The number of hydrogen-bond donors (Lipinski definition) is 2. The Morgan fingerprint density at radius 3 is 2.42 bits per heavy atom. The molecule has 0 bridgehead atoms. The molecule has 122 valence electrons. The second-order valence-corrected chi connectivity index (χ2v) is 6.21. The third kappa shape index (κ3) is 4.20. The minimum atomic E-state index is 0.621. The second-order valence-electron chi connectivity index (χ2n) is 5.80. The van der Waals surface area contributed by atoms with Crippen molar-refractivity contribution in [2.24, 2.45) is 0 Å². The highest BCUT2D eigenvalue weighted by Crippen LogP contribution is 2.14. The van der Waals surface area contributed by atoms with Crippen molar-refractivity contribution < 1.29 is 0 Å². The van der Waals surface area contributed by atoms with Crippen molar-refractivity contribution in [1.82, 2.24) is 15.1 Å². The average molecular weight is 336 g/mol. The smallest absolute Gasteiger partial charge is 0.171 e. The van der Waals surface area contributed by atoms with E-state index in [2.05, 4.69) is 59.9 Å². The van der Waals surface area contributed by atoms with Crippen LogP contribution in [0, 0.1) is 13.8 Å². The number of rotatable bonds is 4. The molecule has 3 rings (SSSR count). The Labute approximate surface area is 147 Å². The molecule has 3 aromatic rings. The van der Waals surface area contributed by atoms with Crippen molar-refractivity contribution in [3.8, 4) is 5.69 Å². The first-order valence-electron chi connectivity index (χ1n) is 7.82. The Kier molecular flexibility index (Phi) is 4.91. The van der Waals surface area contributed by atoms with E-state index in [-0.39, 0.29) is 0 Å². The van der Waals surface area contributed by atoms with Gasteiger partial charge in [-0.05, 0) is 73.1 Å². The summed E-state index contributed by atoms with van der Waals surface area (Å²) in [4.78, 5) is 0. The molecule has 0 aliphatic heterocycles. The summed E-state index contributed by atoms with van der Waals surface area (Å²) >= 11 is 5.38. The highest BCUT2D eigenvalue weighted by molar-refractivity contribution is 7.80. The molecule has 0 radical (unpaired) electrons. The van der Waals surface area contributed by atoms with Gasteiger partial charge in [-0.3, -0.25) is 0 Å². The molecule has 4 nitrogen and oxygen atoms in total. The van der Waals surface area contributed by atoms with Crippen LogP contribution in [-0.2, 0) is 6.54 Å². The lowest BCUT2D eigenvalue weighted by Gasteiger charge is -2.12. The summed E-state index contributed by atoms with van der Waals surface area (Å²) in [5, 5.41) is 11.3. The molecule has 0 atom stereocenters. The van der Waals surface area contributed by atoms with E-state index in [4.69, 9.17) is 12.2 Å². The highest BCUT2D eigenvalue weighted by Gasteiger charge is 2.01. The van der Waals surface area contributed by atoms with Gasteiger partial charge in [-0.25, -0.2) is 4.68 Å². The van der Waals surface area contributed by atoms with Crippen LogP contribution in [0.5, 0.6) is 0 Å². The first-order valence-corrected chi connectivity index (χ1v) is 8.23. The quantitative estimate of drug-likeness (QED) is 0.707. The summed E-state index contributed by atoms with van der Waals surface area (Å²) in [5.74, 6) is 0. The van der Waals surface area contributed by atoms with Gasteiger partial charge in [0.05, 0.1) is 5.69 Å². The van der Waals surface area contributed by atoms with E-state index in [1.54, 1.807) is 6.20 Å². The van der Waals surface area contributed by atoms with Crippen molar-refractivity contribution in [2.75, 3.05) is 5.32 Å². The maximum atomic E-state index is 5.38. The number of nitrogens with zero attached hydrogens (tertiary/aromatic N) is 2. The predicted octanol–water partition coefficient (Wildman–Crippen LogP) is 3.98. The molecule has 0 aliphatic rings. The third-order valence-electron chi connectivity index (χ3n) is 3.64. The Bertz CT molecular complexity index is 803. The van der Waals surface area contributed by atoms with Crippen LogP contribution < -0.4 is 10.6 Å². The van der Waals surface area contributed by atoms with Gasteiger partial charge in [0.25, 0.3) is 0 Å². The standard InChI is InChI=1S/C19H20N4S/c1-14-10-15(2)12-17(11-14)22-19(24)20-13-16-4-6-18(7-5-16)23-9-3-8-21-23/h3-12H,13H2,1-2H3,(H2,20,22,24). The lowest BCUT2D eigenvalue weighted by molar-refractivity contribution is 0.874. The molecule has 0 saturated carbocycles. The fourth-order valence-electron chi connectivity index (χ4n) is 2.59. The number of aromatic nitrogens is 2. The van der Waals surface area contributed by atoms with Gasteiger partial charge in [-0.1, -0.05) is 18.2 Å². The lowest BCUT2D eigenvalue weighted by Crippen LogP contribution is -2.27. The minimum Gasteiger partial charge on any atom is -0.358 e. The SMILES string of the molecule is Cc1cc(C)cc(NC(=S)NCc2ccc(-n3cccn3)cc2)c1. The molecule has 0 amide bonds. The van der Waals surface area contributed by atoms with Gasteiger partial charge < -0.3 is 10.6 Å². The number of thiocarbonyl (C=S) groups is 1. The van der Waals surface area contributed by atoms with E-state index in [0.29, 0.717) is 11.7 Å². The van der Waals surface area contributed by atoms with E-state index in [0.717, 1.165) is 16.9 Å². The zero-order valence-electron chi connectivity index (χ0n) is 13.8. The number of aryl methyl sites for hydroxylation is 2. The number of hydrogen-bond acceptors (Lipinski definition) is 2. The van der Waals surface area contributed by atoms with Crippen molar-refractivity contribution in [1.29, 1.82) is 0 Å². The van der Waals surface area contributed by atoms with Crippen LogP contribution in [0.1, 0.15) is 16.7 Å². The van der Waals surface area contributed by atoms with Crippen molar-refractivity contribution in [2.45, 2.75) is 20.4 Å². The molecule has 1 aromatic heterocycles. The Hall–Kier alpha value is -2.66. The van der Waals surface area contributed by atoms with Crippen LogP contribution in [0.3, 0.4) is 0 Å². The third-order valence-corrected chi connectivity index (χ3v) is 3.88. The molecule has 0 unspecified atom stereocenters. The molecule has 0 saturated heterocycles. The Morgan fingerprint density at radius 1 is 1.08 bits per heavy atom. The monoisotopic (exact) mass is 336 g/mol.